The van der Waals surface area contributed by atoms with Crippen LogP contribution in [0.2, 0.25) is 5.04 Å². The quantitative estimate of drug-likeness (QED) is 0.402. The van der Waals surface area contributed by atoms with Crippen molar-refractivity contribution in [1.29, 1.82) is 0 Å². The molecule has 3 aromatic rings. The Morgan fingerprint density at radius 1 is 0.714 bits per heavy atom. The van der Waals surface area contributed by atoms with Gasteiger partial charge in [-0.2, -0.15) is 0 Å². The second-order valence-corrected chi connectivity index (χ2v) is 13.0. The van der Waals surface area contributed by atoms with E-state index in [1.165, 1.54) is 21.5 Å². The van der Waals surface area contributed by atoms with Gasteiger partial charge in [0, 0.05) is 5.92 Å². The second kappa shape index (κ2) is 8.21. The van der Waals surface area contributed by atoms with Gasteiger partial charge in [-0.3, -0.25) is 0 Å². The van der Waals surface area contributed by atoms with Gasteiger partial charge in [-0.05, 0) is 34.8 Å². The highest BCUT2D eigenvalue weighted by molar-refractivity contribution is 7.10. The fourth-order valence-corrected chi connectivity index (χ4v) is 8.44. The number of rotatable bonds is 3. The van der Waals surface area contributed by atoms with Gasteiger partial charge in [0.2, 0.25) is 8.07 Å². The Balaban J connectivity index is 2.19. The summed E-state index contributed by atoms with van der Waals surface area (Å²) in [6.07, 6.45) is 0. The molecule has 0 aromatic heterocycles. The van der Waals surface area contributed by atoms with E-state index in [-0.39, 0.29) is 11.0 Å². The maximum atomic E-state index is 3.91. The monoisotopic (exact) mass is 382 g/mol. The van der Waals surface area contributed by atoms with Crippen molar-refractivity contribution in [2.24, 2.45) is 0 Å². The molecule has 0 aliphatic heterocycles. The van der Waals surface area contributed by atoms with Crippen LogP contribution in [0.3, 0.4) is 0 Å². The molecular formula is C27H30Si. The molecule has 0 N–H and O–H groups in total. The Morgan fingerprint density at radius 2 is 1.18 bits per heavy atom. The summed E-state index contributed by atoms with van der Waals surface area (Å²) in [5.74, 6) is 3.88. The van der Waals surface area contributed by atoms with Crippen molar-refractivity contribution in [2.75, 3.05) is 0 Å². The van der Waals surface area contributed by atoms with E-state index in [1.807, 2.05) is 0 Å². The highest BCUT2D eigenvalue weighted by Crippen LogP contribution is 2.35. The fourth-order valence-electron chi connectivity index (χ4n) is 3.90. The van der Waals surface area contributed by atoms with Gasteiger partial charge in [-0.25, -0.2) is 0 Å². The summed E-state index contributed by atoms with van der Waals surface area (Å²) >= 11 is 0. The molecule has 1 heteroatoms. The van der Waals surface area contributed by atoms with E-state index < -0.39 is 8.07 Å². The number of benzene rings is 3. The van der Waals surface area contributed by atoms with Gasteiger partial charge in [-0.1, -0.05) is 111 Å². The van der Waals surface area contributed by atoms with Gasteiger partial charge in [0.05, 0.1) is 0 Å². The SMILES string of the molecule is Cc1ccc([C@H](C)C#C[Si](c2ccccc2)(c2ccccc2)C(C)(C)C)cc1. The highest BCUT2D eigenvalue weighted by Gasteiger charge is 2.47. The van der Waals surface area contributed by atoms with Crippen molar-refractivity contribution >= 4 is 18.4 Å². The van der Waals surface area contributed by atoms with Crippen LogP contribution in [0, 0.1) is 18.4 Å². The van der Waals surface area contributed by atoms with Crippen LogP contribution in [0.15, 0.2) is 84.9 Å². The van der Waals surface area contributed by atoms with E-state index in [9.17, 15) is 0 Å². The summed E-state index contributed by atoms with van der Waals surface area (Å²) in [6, 6.07) is 30.7. The summed E-state index contributed by atoms with van der Waals surface area (Å²) in [4.78, 5) is 0. The van der Waals surface area contributed by atoms with Gasteiger partial charge in [-0.15, -0.1) is 11.5 Å². The molecule has 0 unspecified atom stereocenters. The van der Waals surface area contributed by atoms with Crippen molar-refractivity contribution in [1.82, 2.24) is 0 Å². The first kappa shape index (κ1) is 20.2. The normalized spacial score (nSPS) is 12.8. The molecule has 0 amide bonds. The molecule has 0 heterocycles. The average Bonchev–Trinajstić information content (AvgIpc) is 2.69. The molecule has 0 aliphatic rings. The number of hydrogen-bond acceptors (Lipinski definition) is 0. The Labute approximate surface area is 171 Å². The van der Waals surface area contributed by atoms with E-state index >= 15 is 0 Å². The van der Waals surface area contributed by atoms with Crippen LogP contribution >= 0.6 is 0 Å². The van der Waals surface area contributed by atoms with Gasteiger partial charge < -0.3 is 0 Å². The summed E-state index contributed by atoms with van der Waals surface area (Å²) in [7, 11) is -2.32. The molecule has 28 heavy (non-hydrogen) atoms. The minimum Gasteiger partial charge on any atom is -0.119 e. The maximum Gasteiger partial charge on any atom is 0.204 e. The minimum atomic E-state index is -2.32. The molecule has 0 fully saturated rings. The summed E-state index contributed by atoms with van der Waals surface area (Å²) in [5.41, 5.74) is 6.48. The van der Waals surface area contributed by atoms with Crippen molar-refractivity contribution < 1.29 is 0 Å². The Hall–Kier alpha value is -2.56. The lowest BCUT2D eigenvalue weighted by Gasteiger charge is -2.39. The van der Waals surface area contributed by atoms with E-state index in [1.54, 1.807) is 0 Å². The largest absolute Gasteiger partial charge is 0.204 e. The molecule has 0 saturated carbocycles. The van der Waals surface area contributed by atoms with Crippen LogP contribution in [0.25, 0.3) is 0 Å². The standard InChI is InChI=1S/C27H30Si/c1-22-16-18-24(19-17-22)23(2)20-21-28(27(3,4)5,25-12-8-6-9-13-25)26-14-10-7-11-15-26/h6-19,23H,1-5H3/t23-/m1/s1. The minimum absolute atomic E-state index is 0.0652. The predicted molar refractivity (Wildman–Crippen MR) is 125 cm³/mol. The topological polar surface area (TPSA) is 0 Å². The zero-order valence-corrected chi connectivity index (χ0v) is 18.7. The molecule has 0 aliphatic carbocycles. The van der Waals surface area contributed by atoms with Crippen molar-refractivity contribution in [3.05, 3.63) is 96.1 Å². The fraction of sp³-hybridized carbons (Fsp3) is 0.259. The first-order valence-electron chi connectivity index (χ1n) is 10.0. The van der Waals surface area contributed by atoms with Crippen LogP contribution in [0.5, 0.6) is 0 Å². The van der Waals surface area contributed by atoms with Crippen molar-refractivity contribution in [3.63, 3.8) is 0 Å². The number of aryl methyl sites for hydroxylation is 1. The number of hydrogen-bond donors (Lipinski definition) is 0. The van der Waals surface area contributed by atoms with Crippen LogP contribution in [-0.2, 0) is 0 Å². The zero-order chi connectivity index (χ0) is 20.2. The van der Waals surface area contributed by atoms with Gasteiger partial charge in [0.25, 0.3) is 0 Å². The second-order valence-electron chi connectivity index (χ2n) is 8.63. The van der Waals surface area contributed by atoms with E-state index in [0.29, 0.717) is 0 Å². The summed E-state index contributed by atoms with van der Waals surface area (Å²) < 4.78 is 0. The molecule has 1 atom stereocenters. The lowest BCUT2D eigenvalue weighted by atomic mass is 10.0. The van der Waals surface area contributed by atoms with E-state index in [2.05, 4.69) is 131 Å². The first-order valence-corrected chi connectivity index (χ1v) is 12.0. The van der Waals surface area contributed by atoms with Gasteiger partial charge >= 0.3 is 0 Å². The summed E-state index contributed by atoms with van der Waals surface area (Å²) in [6.45, 7) is 11.4. The Kier molecular flexibility index (Phi) is 5.92. The molecule has 3 rings (SSSR count). The molecule has 142 valence electrons. The van der Waals surface area contributed by atoms with E-state index in [4.69, 9.17) is 0 Å². The average molecular weight is 383 g/mol. The third kappa shape index (κ3) is 3.98. The lowest BCUT2D eigenvalue weighted by Crippen LogP contribution is -2.63. The van der Waals surface area contributed by atoms with Crippen molar-refractivity contribution in [3.8, 4) is 11.5 Å². The van der Waals surface area contributed by atoms with Crippen LogP contribution in [0.4, 0.5) is 0 Å². The molecular weight excluding hydrogens is 352 g/mol. The Morgan fingerprint density at radius 3 is 1.61 bits per heavy atom. The lowest BCUT2D eigenvalue weighted by molar-refractivity contribution is 0.740. The molecule has 3 aromatic carbocycles. The highest BCUT2D eigenvalue weighted by atomic mass is 28.3. The third-order valence-corrected chi connectivity index (χ3v) is 10.8. The predicted octanol–water partition coefficient (Wildman–Crippen LogP) is 5.70. The van der Waals surface area contributed by atoms with Gasteiger partial charge in [0.15, 0.2) is 0 Å². The van der Waals surface area contributed by atoms with Gasteiger partial charge in [0.1, 0.15) is 0 Å². The smallest absolute Gasteiger partial charge is 0.119 e. The van der Waals surface area contributed by atoms with Crippen molar-refractivity contribution in [2.45, 2.75) is 45.6 Å². The molecule has 0 bridgehead atoms. The van der Waals surface area contributed by atoms with Crippen LogP contribution < -0.4 is 10.4 Å². The van der Waals surface area contributed by atoms with Crippen LogP contribution in [0.1, 0.15) is 44.7 Å². The zero-order valence-electron chi connectivity index (χ0n) is 17.7. The van der Waals surface area contributed by atoms with E-state index in [0.717, 1.165) is 0 Å². The maximum absolute atomic E-state index is 3.91. The Bertz CT molecular complexity index is 913. The molecule has 0 radical (unpaired) electrons. The molecule has 0 saturated heterocycles. The van der Waals surface area contributed by atoms with Crippen LogP contribution in [-0.4, -0.2) is 8.07 Å². The third-order valence-electron chi connectivity index (χ3n) is 5.59. The molecule has 0 spiro atoms. The summed E-state index contributed by atoms with van der Waals surface area (Å²) in [5, 5.41) is 2.84. The first-order chi connectivity index (χ1) is 13.3. The molecule has 0 nitrogen and oxygen atoms in total.